The van der Waals surface area contributed by atoms with Crippen LogP contribution in [-0.2, 0) is 4.79 Å². The zero-order valence-corrected chi connectivity index (χ0v) is 9.77. The summed E-state index contributed by atoms with van der Waals surface area (Å²) in [4.78, 5) is 14.2. The van der Waals surface area contributed by atoms with Gasteiger partial charge in [-0.05, 0) is 25.7 Å². The van der Waals surface area contributed by atoms with Crippen LogP contribution >= 0.6 is 0 Å². The highest BCUT2D eigenvalue weighted by Crippen LogP contribution is 2.28. The summed E-state index contributed by atoms with van der Waals surface area (Å²) in [5.41, 5.74) is 6.02. The second-order valence-electron chi connectivity index (χ2n) is 5.07. The molecule has 1 aliphatic carbocycles. The van der Waals surface area contributed by atoms with E-state index in [1.165, 1.54) is 0 Å². The van der Waals surface area contributed by atoms with Gasteiger partial charge in [0.25, 0.3) is 0 Å². The number of rotatable bonds is 2. The molecule has 16 heavy (non-hydrogen) atoms. The average Bonchev–Trinajstić information content (AvgIpc) is 2.77. The summed E-state index contributed by atoms with van der Waals surface area (Å²) in [7, 11) is 0. The number of nitrogens with two attached hydrogens (primary N) is 1. The maximum absolute atomic E-state index is 12.3. The molecule has 1 saturated carbocycles. The van der Waals surface area contributed by atoms with Crippen molar-refractivity contribution in [2.75, 3.05) is 13.2 Å². The molecule has 0 spiro atoms. The second-order valence-corrected chi connectivity index (χ2v) is 5.07. The molecule has 0 bridgehead atoms. The number of aliphatic hydroxyl groups excluding tert-OH is 1. The monoisotopic (exact) mass is 226 g/mol. The number of hydrogen-bond acceptors (Lipinski definition) is 3. The fraction of sp³-hybridized carbons (Fsp3) is 0.917. The molecule has 2 unspecified atom stereocenters. The van der Waals surface area contributed by atoms with Crippen molar-refractivity contribution in [3.63, 3.8) is 0 Å². The SMILES string of the molecule is NC1CCCCC1C(=O)N1CCC[C@@H]1CO. The predicted octanol–water partition coefficient (Wildman–Crippen LogP) is 0.487. The van der Waals surface area contributed by atoms with Gasteiger partial charge in [0.2, 0.25) is 5.91 Å². The lowest BCUT2D eigenvalue weighted by atomic mass is 9.84. The Morgan fingerprint density at radius 3 is 2.69 bits per heavy atom. The van der Waals surface area contributed by atoms with Gasteiger partial charge in [-0.15, -0.1) is 0 Å². The highest BCUT2D eigenvalue weighted by atomic mass is 16.3. The van der Waals surface area contributed by atoms with E-state index in [-0.39, 0.29) is 30.5 Å². The van der Waals surface area contributed by atoms with Gasteiger partial charge in [0.05, 0.1) is 18.6 Å². The third-order valence-electron chi connectivity index (χ3n) is 4.01. The summed E-state index contributed by atoms with van der Waals surface area (Å²) in [6.45, 7) is 0.890. The number of hydrogen-bond donors (Lipinski definition) is 2. The Labute approximate surface area is 96.8 Å². The second kappa shape index (κ2) is 5.15. The van der Waals surface area contributed by atoms with Crippen LogP contribution < -0.4 is 5.73 Å². The predicted molar refractivity (Wildman–Crippen MR) is 61.8 cm³/mol. The van der Waals surface area contributed by atoms with Crippen LogP contribution in [0.4, 0.5) is 0 Å². The van der Waals surface area contributed by atoms with Crippen molar-refractivity contribution < 1.29 is 9.90 Å². The molecule has 1 heterocycles. The molecule has 0 aromatic carbocycles. The van der Waals surface area contributed by atoms with Crippen LogP contribution in [0.3, 0.4) is 0 Å². The zero-order chi connectivity index (χ0) is 11.5. The Kier molecular flexibility index (Phi) is 3.82. The molecule has 3 N–H and O–H groups in total. The smallest absolute Gasteiger partial charge is 0.227 e. The average molecular weight is 226 g/mol. The third-order valence-corrected chi connectivity index (χ3v) is 4.01. The number of amides is 1. The number of carbonyl (C=O) groups is 1. The van der Waals surface area contributed by atoms with Crippen LogP contribution in [0.5, 0.6) is 0 Å². The summed E-state index contributed by atoms with van der Waals surface area (Å²) in [5, 5.41) is 9.22. The summed E-state index contributed by atoms with van der Waals surface area (Å²) < 4.78 is 0. The van der Waals surface area contributed by atoms with Crippen molar-refractivity contribution in [2.45, 2.75) is 50.6 Å². The summed E-state index contributed by atoms with van der Waals surface area (Å²) in [6.07, 6.45) is 6.10. The fourth-order valence-electron chi connectivity index (χ4n) is 2.99. The largest absolute Gasteiger partial charge is 0.394 e. The maximum atomic E-state index is 12.3. The van der Waals surface area contributed by atoms with Gasteiger partial charge in [0, 0.05) is 12.6 Å². The van der Waals surface area contributed by atoms with Crippen molar-refractivity contribution in [3.05, 3.63) is 0 Å². The molecule has 2 fully saturated rings. The highest BCUT2D eigenvalue weighted by molar-refractivity contribution is 5.80. The minimum Gasteiger partial charge on any atom is -0.394 e. The number of aliphatic hydroxyl groups is 1. The van der Waals surface area contributed by atoms with Crippen molar-refractivity contribution in [3.8, 4) is 0 Å². The molecular formula is C12H22N2O2. The summed E-state index contributed by atoms with van der Waals surface area (Å²) >= 11 is 0. The van der Waals surface area contributed by atoms with E-state index in [9.17, 15) is 9.90 Å². The van der Waals surface area contributed by atoms with E-state index in [1.54, 1.807) is 0 Å². The van der Waals surface area contributed by atoms with E-state index < -0.39 is 0 Å². The van der Waals surface area contributed by atoms with Crippen LogP contribution in [-0.4, -0.2) is 41.1 Å². The molecule has 0 aromatic rings. The van der Waals surface area contributed by atoms with E-state index >= 15 is 0 Å². The molecule has 1 aliphatic heterocycles. The fourth-order valence-corrected chi connectivity index (χ4v) is 2.99. The van der Waals surface area contributed by atoms with Crippen LogP contribution in [0.15, 0.2) is 0 Å². The van der Waals surface area contributed by atoms with Crippen molar-refractivity contribution >= 4 is 5.91 Å². The lowest BCUT2D eigenvalue weighted by Gasteiger charge is -2.33. The molecule has 4 nitrogen and oxygen atoms in total. The highest BCUT2D eigenvalue weighted by Gasteiger charge is 2.36. The van der Waals surface area contributed by atoms with Gasteiger partial charge in [0.15, 0.2) is 0 Å². The Balaban J connectivity index is 2.00. The van der Waals surface area contributed by atoms with Crippen LogP contribution in [0.2, 0.25) is 0 Å². The van der Waals surface area contributed by atoms with Gasteiger partial charge in [0.1, 0.15) is 0 Å². The quantitative estimate of drug-likeness (QED) is 0.720. The van der Waals surface area contributed by atoms with Crippen LogP contribution in [0.25, 0.3) is 0 Å². The molecule has 2 rings (SSSR count). The van der Waals surface area contributed by atoms with E-state index in [0.29, 0.717) is 0 Å². The number of carbonyl (C=O) groups excluding carboxylic acids is 1. The molecule has 0 aromatic heterocycles. The first kappa shape index (κ1) is 11.9. The molecule has 2 aliphatic rings. The van der Waals surface area contributed by atoms with Gasteiger partial charge < -0.3 is 15.7 Å². The van der Waals surface area contributed by atoms with Gasteiger partial charge in [-0.3, -0.25) is 4.79 Å². The number of likely N-dealkylation sites (tertiary alicyclic amines) is 1. The Hall–Kier alpha value is -0.610. The minimum absolute atomic E-state index is 0.000833. The van der Waals surface area contributed by atoms with E-state index in [2.05, 4.69) is 0 Å². The van der Waals surface area contributed by atoms with Crippen LogP contribution in [0.1, 0.15) is 38.5 Å². The van der Waals surface area contributed by atoms with Gasteiger partial charge in [-0.2, -0.15) is 0 Å². The first-order valence-electron chi connectivity index (χ1n) is 6.41. The molecule has 92 valence electrons. The molecule has 4 heteroatoms. The molecule has 1 amide bonds. The Bertz CT molecular complexity index is 253. The van der Waals surface area contributed by atoms with Gasteiger partial charge in [-0.25, -0.2) is 0 Å². The first-order chi connectivity index (χ1) is 7.74. The summed E-state index contributed by atoms with van der Waals surface area (Å²) in [5.74, 6) is 0.185. The van der Waals surface area contributed by atoms with E-state index in [1.807, 2.05) is 4.90 Å². The van der Waals surface area contributed by atoms with Gasteiger partial charge in [-0.1, -0.05) is 12.8 Å². The molecule has 0 radical (unpaired) electrons. The first-order valence-corrected chi connectivity index (χ1v) is 6.41. The van der Waals surface area contributed by atoms with Gasteiger partial charge >= 0.3 is 0 Å². The van der Waals surface area contributed by atoms with Crippen molar-refractivity contribution in [2.24, 2.45) is 11.7 Å². The maximum Gasteiger partial charge on any atom is 0.227 e. The normalized spacial score (nSPS) is 35.4. The van der Waals surface area contributed by atoms with Crippen LogP contribution in [0, 0.1) is 5.92 Å². The van der Waals surface area contributed by atoms with Crippen molar-refractivity contribution in [1.82, 2.24) is 4.90 Å². The Morgan fingerprint density at radius 1 is 1.25 bits per heavy atom. The Morgan fingerprint density at radius 2 is 2.00 bits per heavy atom. The minimum atomic E-state index is 0.000833. The third kappa shape index (κ3) is 2.23. The number of nitrogens with zero attached hydrogens (tertiary/aromatic N) is 1. The molecular weight excluding hydrogens is 204 g/mol. The topological polar surface area (TPSA) is 66.6 Å². The summed E-state index contributed by atoms with van der Waals surface area (Å²) in [6, 6.07) is 0.0721. The lowest BCUT2D eigenvalue weighted by Crippen LogP contribution is -2.48. The zero-order valence-electron chi connectivity index (χ0n) is 9.77. The molecule has 3 atom stereocenters. The standard InChI is InChI=1S/C12H22N2O2/c13-11-6-2-1-5-10(11)12(16)14-7-3-4-9(14)8-15/h9-11,15H,1-8,13H2/t9-,10?,11?/m1/s1. The molecule has 1 saturated heterocycles. The lowest BCUT2D eigenvalue weighted by molar-refractivity contribution is -0.138. The van der Waals surface area contributed by atoms with E-state index in [4.69, 9.17) is 5.73 Å². The van der Waals surface area contributed by atoms with Crippen molar-refractivity contribution in [1.29, 1.82) is 0 Å². The van der Waals surface area contributed by atoms with E-state index in [0.717, 1.165) is 45.1 Å².